The van der Waals surface area contributed by atoms with Crippen molar-refractivity contribution in [3.05, 3.63) is 142 Å². The lowest BCUT2D eigenvalue weighted by molar-refractivity contribution is 0.0686. The maximum atomic E-state index is 13.7. The summed E-state index contributed by atoms with van der Waals surface area (Å²) in [6, 6.07) is 31.8. The predicted molar refractivity (Wildman–Crippen MR) is 250 cm³/mol. The Morgan fingerprint density at radius 1 is 0.531 bits per heavy atom. The van der Waals surface area contributed by atoms with Crippen molar-refractivity contribution in [2.45, 2.75) is 0 Å². The molecule has 0 saturated carbocycles. The van der Waals surface area contributed by atoms with Crippen LogP contribution in [-0.4, -0.2) is 96.8 Å². The van der Waals surface area contributed by atoms with Gasteiger partial charge in [-0.05, 0) is 65.7 Å². The van der Waals surface area contributed by atoms with E-state index in [9.17, 15) is 29.4 Å². The Hall–Kier alpha value is -8.06. The number of aromatic carboxylic acids is 2. The van der Waals surface area contributed by atoms with Crippen LogP contribution in [0.15, 0.2) is 118 Å². The molecular weight excluding hydrogens is 811 g/mol. The van der Waals surface area contributed by atoms with Crippen molar-refractivity contribution in [1.29, 1.82) is 0 Å². The highest BCUT2D eigenvalue weighted by molar-refractivity contribution is 6.12. The van der Waals surface area contributed by atoms with Crippen molar-refractivity contribution in [3.63, 3.8) is 0 Å². The van der Waals surface area contributed by atoms with Crippen LogP contribution in [0.3, 0.4) is 0 Å². The van der Waals surface area contributed by atoms with Crippen molar-refractivity contribution in [1.82, 2.24) is 14.5 Å². The number of rotatable bonds is 10. The van der Waals surface area contributed by atoms with Gasteiger partial charge in [-0.25, -0.2) is 18.7 Å². The third-order valence-corrected chi connectivity index (χ3v) is 11.5. The van der Waals surface area contributed by atoms with E-state index >= 15 is 0 Å². The first-order valence-electron chi connectivity index (χ1n) is 20.4. The van der Waals surface area contributed by atoms with Crippen LogP contribution in [0.25, 0.3) is 66.8 Å². The lowest BCUT2D eigenvalue weighted by atomic mass is 9.89. The highest BCUT2D eigenvalue weighted by atomic mass is 16.4. The first kappa shape index (κ1) is 42.6. The normalized spacial score (nSPS) is 11.2. The van der Waals surface area contributed by atoms with E-state index in [2.05, 4.69) is 5.32 Å². The highest BCUT2D eigenvalue weighted by Crippen LogP contribution is 2.44. The van der Waals surface area contributed by atoms with E-state index in [1.54, 1.807) is 18.2 Å². The van der Waals surface area contributed by atoms with Gasteiger partial charge in [0.2, 0.25) is 10.7 Å². The van der Waals surface area contributed by atoms with Crippen LogP contribution in [0.2, 0.25) is 0 Å². The van der Waals surface area contributed by atoms with Gasteiger partial charge in [-0.3, -0.25) is 9.59 Å². The predicted octanol–water partition coefficient (Wildman–Crippen LogP) is 6.93. The van der Waals surface area contributed by atoms with Crippen molar-refractivity contribution in [3.8, 4) is 44.9 Å². The number of anilines is 2. The number of hydrogen-bond acceptors (Lipinski definition) is 8. The van der Waals surface area contributed by atoms with E-state index < -0.39 is 30.2 Å². The van der Waals surface area contributed by atoms with Crippen LogP contribution in [-0.2, 0) is 0 Å². The molecule has 0 saturated heterocycles. The van der Waals surface area contributed by atoms with Crippen LogP contribution >= 0.6 is 0 Å². The van der Waals surface area contributed by atoms with Gasteiger partial charge in [0.25, 0.3) is 5.91 Å². The Morgan fingerprint density at radius 2 is 0.953 bits per heavy atom. The van der Waals surface area contributed by atoms with Crippen molar-refractivity contribution in [2.75, 3.05) is 72.7 Å². The number of fused-ring (bicyclic) bond motifs is 4. The summed E-state index contributed by atoms with van der Waals surface area (Å²) in [6.45, 7) is -0.476. The molecule has 13 heteroatoms. The highest BCUT2D eigenvalue weighted by Gasteiger charge is 2.26. The SMILES string of the molecule is CN(C)c1ccc2c(-c3ccc(C(=O)CNC(=O)c4ccc(-c5c6ccc(=[N+](C)C)cc-6oc6cc(N(C)C)ccc56)c(C(=O)O)c4)cc3C(=O)O)c3ccc(=[N+](C)C)cc-3oc2c1. The molecule has 4 aliphatic rings. The number of carboxylic acids is 2. The fraction of sp³-hybridized carbons (Fsp3) is 0.176. The summed E-state index contributed by atoms with van der Waals surface area (Å²) in [4.78, 5) is 57.1. The van der Waals surface area contributed by atoms with Crippen LogP contribution in [0.4, 0.5) is 11.4 Å². The molecule has 0 atom stereocenters. The maximum absolute atomic E-state index is 13.7. The molecule has 1 amide bonds. The van der Waals surface area contributed by atoms with Crippen LogP contribution in [0.1, 0.15) is 41.4 Å². The number of ketones is 1. The molecule has 64 heavy (non-hydrogen) atoms. The average Bonchev–Trinajstić information content (AvgIpc) is 3.27. The third kappa shape index (κ3) is 7.83. The lowest BCUT2D eigenvalue weighted by Gasteiger charge is -2.19. The molecule has 2 aliphatic carbocycles. The van der Waals surface area contributed by atoms with Crippen molar-refractivity contribution in [2.24, 2.45) is 0 Å². The number of amides is 1. The van der Waals surface area contributed by atoms with E-state index in [0.717, 1.165) is 22.1 Å². The molecule has 0 fully saturated rings. The topological polar surface area (TPSA) is 160 Å². The average molecular weight is 858 g/mol. The number of carbonyl (C=O) groups excluding carboxylic acids is 2. The minimum Gasteiger partial charge on any atom is -0.478 e. The lowest BCUT2D eigenvalue weighted by Crippen LogP contribution is -2.29. The third-order valence-electron chi connectivity index (χ3n) is 11.5. The van der Waals surface area contributed by atoms with Crippen molar-refractivity contribution < 1.29 is 38.2 Å². The zero-order valence-electron chi connectivity index (χ0n) is 36.7. The summed E-state index contributed by atoms with van der Waals surface area (Å²) in [5.41, 5.74) is 6.20. The van der Waals surface area contributed by atoms with Gasteiger partial charge in [0.1, 0.15) is 50.9 Å². The molecule has 2 heterocycles. The number of carbonyl (C=O) groups is 4. The standard InChI is InChI=1S/C51H45N5O8/c1-53(2)30-11-17-36-43(23-30)63-44-24-31(54(3)4)12-18-37(44)47(36)34-15-9-28(21-40(34)50(59)60)42(57)27-52-49(58)29-10-16-35(41(22-29)51(61)62)48-38-19-13-32(55(5)6)25-45(38)64-46-26-33(56(7)8)14-20-39(46)48/h9-26H,27H2,1-8H3,(H-2,52,58,59,60,61,62)/p+2. The molecule has 8 rings (SSSR count). The maximum Gasteiger partial charge on any atom is 0.336 e. The summed E-state index contributed by atoms with van der Waals surface area (Å²) < 4.78 is 16.7. The largest absolute Gasteiger partial charge is 0.478 e. The fourth-order valence-corrected chi connectivity index (χ4v) is 7.99. The number of nitrogens with zero attached hydrogens (tertiary/aromatic N) is 4. The zero-order chi connectivity index (χ0) is 45.7. The number of nitrogens with one attached hydrogen (secondary N) is 1. The molecule has 0 radical (unpaired) electrons. The van der Waals surface area contributed by atoms with Gasteiger partial charge < -0.3 is 34.2 Å². The summed E-state index contributed by atoms with van der Waals surface area (Å²) in [6.07, 6.45) is 0. The number of hydrogen-bond donors (Lipinski definition) is 3. The van der Waals surface area contributed by atoms with E-state index in [4.69, 9.17) is 8.83 Å². The molecule has 4 aromatic carbocycles. The second-order valence-corrected chi connectivity index (χ2v) is 16.5. The first-order valence-corrected chi connectivity index (χ1v) is 20.4. The monoisotopic (exact) mass is 857 g/mol. The van der Waals surface area contributed by atoms with E-state index in [1.165, 1.54) is 18.2 Å². The number of carboxylic acid groups (broad SMARTS) is 2. The summed E-state index contributed by atoms with van der Waals surface area (Å²) in [5.74, 6) is -2.60. The van der Waals surface area contributed by atoms with E-state index in [-0.39, 0.29) is 22.3 Å². The Morgan fingerprint density at radius 3 is 1.38 bits per heavy atom. The smallest absolute Gasteiger partial charge is 0.336 e. The second kappa shape index (κ2) is 16.7. The summed E-state index contributed by atoms with van der Waals surface area (Å²) in [7, 11) is 15.4. The fourth-order valence-electron chi connectivity index (χ4n) is 7.99. The van der Waals surface area contributed by atoms with Gasteiger partial charge in [-0.15, -0.1) is 0 Å². The minimum atomic E-state index is -1.25. The minimum absolute atomic E-state index is 0.0256. The van der Waals surface area contributed by atoms with Gasteiger partial charge in [0.15, 0.2) is 5.78 Å². The van der Waals surface area contributed by atoms with Crippen molar-refractivity contribution >= 4 is 56.9 Å². The summed E-state index contributed by atoms with van der Waals surface area (Å²) >= 11 is 0. The number of benzene rings is 6. The molecule has 0 spiro atoms. The molecule has 322 valence electrons. The van der Waals surface area contributed by atoms with E-state index in [0.29, 0.717) is 66.8 Å². The van der Waals surface area contributed by atoms with Gasteiger partial charge in [0.05, 0.1) is 29.8 Å². The molecule has 0 aromatic heterocycles. The quantitative estimate of drug-likeness (QED) is 0.0749. The molecule has 0 unspecified atom stereocenters. The van der Waals surface area contributed by atoms with Gasteiger partial charge in [0, 0.05) is 108 Å². The summed E-state index contributed by atoms with van der Waals surface area (Å²) in [5, 5.41) is 26.9. The molecule has 2 aliphatic heterocycles. The van der Waals surface area contributed by atoms with Crippen LogP contribution in [0, 0.1) is 0 Å². The molecule has 3 N–H and O–H groups in total. The Balaban J connectivity index is 1.13. The Labute approximate surface area is 368 Å². The Kier molecular flexibility index (Phi) is 11.1. The van der Waals surface area contributed by atoms with Crippen LogP contribution in [0.5, 0.6) is 0 Å². The molecular formula is C51H47N5O8+2. The van der Waals surface area contributed by atoms with E-state index in [1.807, 2.05) is 148 Å². The Bertz CT molecular complexity index is 3110. The zero-order valence-corrected chi connectivity index (χ0v) is 36.7. The van der Waals surface area contributed by atoms with Gasteiger partial charge in [-0.1, -0.05) is 18.2 Å². The molecule has 0 bridgehead atoms. The van der Waals surface area contributed by atoms with Gasteiger partial charge in [-0.2, -0.15) is 0 Å². The van der Waals surface area contributed by atoms with Crippen LogP contribution < -0.4 is 35.0 Å². The second-order valence-electron chi connectivity index (χ2n) is 16.5. The molecule has 13 nitrogen and oxygen atoms in total. The van der Waals surface area contributed by atoms with Gasteiger partial charge >= 0.3 is 11.9 Å². The first-order chi connectivity index (χ1) is 30.5. The molecule has 4 aromatic rings. The number of Topliss-reactive ketones (excluding diaryl/α,β-unsaturated/α-hetero) is 1.